The molecule has 0 N–H and O–H groups in total. The first-order valence-electron chi connectivity index (χ1n) is 6.00. The van der Waals surface area contributed by atoms with Crippen molar-refractivity contribution in [2.75, 3.05) is 14.2 Å². The lowest BCUT2D eigenvalue weighted by Gasteiger charge is -2.07. The summed E-state index contributed by atoms with van der Waals surface area (Å²) in [5, 5.41) is 0. The van der Waals surface area contributed by atoms with Crippen LogP contribution >= 0.6 is 15.9 Å². The third-order valence-corrected chi connectivity index (χ3v) is 3.47. The Balaban J connectivity index is 2.10. The van der Waals surface area contributed by atoms with E-state index >= 15 is 0 Å². The third-order valence-electron chi connectivity index (χ3n) is 2.98. The highest BCUT2D eigenvalue weighted by Crippen LogP contribution is 2.33. The molecule has 0 saturated carbocycles. The normalized spacial score (nSPS) is 10.8. The number of benzene rings is 2. The second kappa shape index (κ2) is 5.17. The molecule has 3 aromatic rings. The molecule has 0 saturated heterocycles. The van der Waals surface area contributed by atoms with Crippen molar-refractivity contribution in [1.29, 1.82) is 0 Å². The Morgan fingerprint density at radius 3 is 2.55 bits per heavy atom. The summed E-state index contributed by atoms with van der Waals surface area (Å²) >= 11 is 3.42. The number of ether oxygens (including phenoxy) is 2. The van der Waals surface area contributed by atoms with Crippen LogP contribution in [0.3, 0.4) is 0 Å². The standard InChI is InChI=1S/C15H12BrNO3/c1-18-12-6-3-9(7-14(12)19-2)15-17-11-5-4-10(16)8-13(11)20-15/h3-8H,1-2H3. The van der Waals surface area contributed by atoms with E-state index in [1.165, 1.54) is 0 Å². The van der Waals surface area contributed by atoms with E-state index in [-0.39, 0.29) is 0 Å². The van der Waals surface area contributed by atoms with Gasteiger partial charge in [0, 0.05) is 10.0 Å². The van der Waals surface area contributed by atoms with Crippen molar-refractivity contribution in [3.63, 3.8) is 0 Å². The van der Waals surface area contributed by atoms with Crippen LogP contribution in [0.4, 0.5) is 0 Å². The third kappa shape index (κ3) is 2.25. The van der Waals surface area contributed by atoms with Gasteiger partial charge in [0.2, 0.25) is 5.89 Å². The lowest BCUT2D eigenvalue weighted by molar-refractivity contribution is 0.355. The Morgan fingerprint density at radius 2 is 1.80 bits per heavy atom. The number of oxazole rings is 1. The van der Waals surface area contributed by atoms with Crippen LogP contribution < -0.4 is 9.47 Å². The highest BCUT2D eigenvalue weighted by Gasteiger charge is 2.11. The molecule has 102 valence electrons. The van der Waals surface area contributed by atoms with Gasteiger partial charge in [0.25, 0.3) is 0 Å². The van der Waals surface area contributed by atoms with E-state index in [1.807, 2.05) is 36.4 Å². The molecule has 0 amide bonds. The highest BCUT2D eigenvalue weighted by molar-refractivity contribution is 9.10. The average molecular weight is 334 g/mol. The number of halogens is 1. The van der Waals surface area contributed by atoms with Crippen LogP contribution in [-0.4, -0.2) is 19.2 Å². The molecule has 0 aliphatic heterocycles. The Morgan fingerprint density at radius 1 is 1.00 bits per heavy atom. The van der Waals surface area contributed by atoms with E-state index in [9.17, 15) is 0 Å². The molecule has 4 nitrogen and oxygen atoms in total. The molecule has 5 heteroatoms. The molecule has 3 rings (SSSR count). The number of aromatic nitrogens is 1. The van der Waals surface area contributed by atoms with Crippen LogP contribution in [0.1, 0.15) is 0 Å². The molecule has 0 radical (unpaired) electrons. The summed E-state index contributed by atoms with van der Waals surface area (Å²) in [6.45, 7) is 0. The Hall–Kier alpha value is -2.01. The summed E-state index contributed by atoms with van der Waals surface area (Å²) in [6, 6.07) is 11.3. The van der Waals surface area contributed by atoms with Gasteiger partial charge in [0.1, 0.15) is 5.52 Å². The maximum Gasteiger partial charge on any atom is 0.227 e. The summed E-state index contributed by atoms with van der Waals surface area (Å²) in [5.74, 6) is 1.88. The summed E-state index contributed by atoms with van der Waals surface area (Å²) in [5.41, 5.74) is 2.40. The largest absolute Gasteiger partial charge is 0.493 e. The minimum atomic E-state index is 0.555. The fourth-order valence-corrected chi connectivity index (χ4v) is 2.33. The summed E-state index contributed by atoms with van der Waals surface area (Å²) in [6.07, 6.45) is 0. The van der Waals surface area contributed by atoms with Gasteiger partial charge in [-0.15, -0.1) is 0 Å². The van der Waals surface area contributed by atoms with E-state index in [0.29, 0.717) is 17.4 Å². The number of hydrogen-bond acceptors (Lipinski definition) is 4. The predicted molar refractivity (Wildman–Crippen MR) is 80.2 cm³/mol. The van der Waals surface area contributed by atoms with E-state index in [1.54, 1.807) is 14.2 Å². The monoisotopic (exact) mass is 333 g/mol. The first-order valence-corrected chi connectivity index (χ1v) is 6.79. The molecule has 0 atom stereocenters. The fraction of sp³-hybridized carbons (Fsp3) is 0.133. The summed E-state index contributed by atoms with van der Waals surface area (Å²) in [7, 11) is 3.21. The zero-order valence-electron chi connectivity index (χ0n) is 11.0. The van der Waals surface area contributed by atoms with Gasteiger partial charge in [-0.25, -0.2) is 4.98 Å². The average Bonchev–Trinajstić information content (AvgIpc) is 2.89. The van der Waals surface area contributed by atoms with Crippen molar-refractivity contribution >= 4 is 27.0 Å². The van der Waals surface area contributed by atoms with Crippen molar-refractivity contribution in [3.8, 4) is 23.0 Å². The minimum absolute atomic E-state index is 0.555. The van der Waals surface area contributed by atoms with Gasteiger partial charge in [-0.1, -0.05) is 15.9 Å². The number of methoxy groups -OCH3 is 2. The van der Waals surface area contributed by atoms with E-state index in [4.69, 9.17) is 13.9 Å². The van der Waals surface area contributed by atoms with E-state index in [2.05, 4.69) is 20.9 Å². The molecule has 1 aromatic heterocycles. The molecule has 0 fully saturated rings. The number of nitrogens with zero attached hydrogens (tertiary/aromatic N) is 1. The predicted octanol–water partition coefficient (Wildman–Crippen LogP) is 4.27. The van der Waals surface area contributed by atoms with Crippen molar-refractivity contribution in [3.05, 3.63) is 40.9 Å². The number of hydrogen-bond donors (Lipinski definition) is 0. The van der Waals surface area contributed by atoms with Crippen LogP contribution in [0.25, 0.3) is 22.6 Å². The maximum atomic E-state index is 5.77. The summed E-state index contributed by atoms with van der Waals surface area (Å²) in [4.78, 5) is 4.47. The smallest absolute Gasteiger partial charge is 0.227 e. The second-order valence-corrected chi connectivity index (χ2v) is 5.12. The molecule has 1 heterocycles. The van der Waals surface area contributed by atoms with Gasteiger partial charge in [0.15, 0.2) is 17.1 Å². The van der Waals surface area contributed by atoms with E-state index < -0.39 is 0 Å². The molecule has 2 aromatic carbocycles. The zero-order valence-corrected chi connectivity index (χ0v) is 12.6. The zero-order chi connectivity index (χ0) is 14.1. The molecule has 20 heavy (non-hydrogen) atoms. The lowest BCUT2D eigenvalue weighted by Crippen LogP contribution is -1.90. The molecular formula is C15H12BrNO3. The van der Waals surface area contributed by atoms with Gasteiger partial charge >= 0.3 is 0 Å². The van der Waals surface area contributed by atoms with Crippen LogP contribution in [0.2, 0.25) is 0 Å². The van der Waals surface area contributed by atoms with Crippen molar-refractivity contribution in [2.24, 2.45) is 0 Å². The molecule has 0 unspecified atom stereocenters. The Labute approximate surface area is 124 Å². The van der Waals surface area contributed by atoms with Gasteiger partial charge in [-0.2, -0.15) is 0 Å². The topological polar surface area (TPSA) is 44.5 Å². The van der Waals surface area contributed by atoms with Crippen LogP contribution in [0.15, 0.2) is 45.3 Å². The maximum absolute atomic E-state index is 5.77. The van der Waals surface area contributed by atoms with Crippen molar-refractivity contribution < 1.29 is 13.9 Å². The SMILES string of the molecule is COc1ccc(-c2nc3ccc(Br)cc3o2)cc1OC. The van der Waals surface area contributed by atoms with Gasteiger partial charge in [-0.3, -0.25) is 0 Å². The molecular weight excluding hydrogens is 322 g/mol. The summed E-state index contributed by atoms with van der Waals surface area (Å²) < 4.78 is 17.2. The molecule has 0 aliphatic carbocycles. The fourth-order valence-electron chi connectivity index (χ4n) is 1.99. The van der Waals surface area contributed by atoms with Gasteiger partial charge in [-0.05, 0) is 36.4 Å². The van der Waals surface area contributed by atoms with E-state index in [0.717, 1.165) is 21.1 Å². The molecule has 0 spiro atoms. The first kappa shape index (κ1) is 13.0. The first-order chi connectivity index (χ1) is 9.71. The molecule has 0 bridgehead atoms. The number of fused-ring (bicyclic) bond motifs is 1. The minimum Gasteiger partial charge on any atom is -0.493 e. The Bertz CT molecular complexity index is 767. The van der Waals surface area contributed by atoms with Crippen molar-refractivity contribution in [2.45, 2.75) is 0 Å². The van der Waals surface area contributed by atoms with Crippen molar-refractivity contribution in [1.82, 2.24) is 4.98 Å². The van der Waals surface area contributed by atoms with Crippen LogP contribution in [-0.2, 0) is 0 Å². The van der Waals surface area contributed by atoms with Gasteiger partial charge < -0.3 is 13.9 Å². The lowest BCUT2D eigenvalue weighted by atomic mass is 10.2. The highest BCUT2D eigenvalue weighted by atomic mass is 79.9. The molecule has 0 aliphatic rings. The van der Waals surface area contributed by atoms with Crippen LogP contribution in [0.5, 0.6) is 11.5 Å². The number of rotatable bonds is 3. The Kier molecular flexibility index (Phi) is 3.36. The van der Waals surface area contributed by atoms with Gasteiger partial charge in [0.05, 0.1) is 14.2 Å². The quantitative estimate of drug-likeness (QED) is 0.717. The van der Waals surface area contributed by atoms with Crippen LogP contribution in [0, 0.1) is 0 Å². The second-order valence-electron chi connectivity index (χ2n) is 4.20.